The molecule has 0 aliphatic rings. The molecule has 0 heterocycles. The molecule has 0 saturated heterocycles. The van der Waals surface area contributed by atoms with Gasteiger partial charge in [0.05, 0.1) is 0 Å². The first-order valence-electron chi connectivity index (χ1n) is 5.95. The van der Waals surface area contributed by atoms with Crippen molar-refractivity contribution in [2.45, 2.75) is 26.7 Å². The lowest BCUT2D eigenvalue weighted by Gasteiger charge is -2.10. The predicted octanol–water partition coefficient (Wildman–Crippen LogP) is 1.40. The number of benzene rings is 1. The van der Waals surface area contributed by atoms with Gasteiger partial charge in [-0.15, -0.1) is 0 Å². The van der Waals surface area contributed by atoms with E-state index in [1.807, 2.05) is 37.3 Å². The number of ketones is 1. The molecule has 0 fully saturated rings. The highest BCUT2D eigenvalue weighted by Crippen LogP contribution is 2.13. The number of amides is 1. The van der Waals surface area contributed by atoms with Crippen LogP contribution in [0.2, 0.25) is 0 Å². The summed E-state index contributed by atoms with van der Waals surface area (Å²) in [5, 5.41) is 8.61. The van der Waals surface area contributed by atoms with Crippen molar-refractivity contribution in [1.82, 2.24) is 0 Å². The fourth-order valence-corrected chi connectivity index (χ4v) is 1.50. The van der Waals surface area contributed by atoms with Crippen molar-refractivity contribution in [2.75, 3.05) is 0 Å². The summed E-state index contributed by atoms with van der Waals surface area (Å²) in [5.41, 5.74) is 5.47. The van der Waals surface area contributed by atoms with Crippen LogP contribution in [-0.4, -0.2) is 22.8 Å². The second-order valence-electron chi connectivity index (χ2n) is 4.07. The van der Waals surface area contributed by atoms with Gasteiger partial charge in [-0.05, 0) is 18.4 Å². The monoisotopic (exact) mass is 265 g/mol. The van der Waals surface area contributed by atoms with E-state index in [1.54, 1.807) is 0 Å². The molecular weight excluding hydrogens is 246 g/mol. The quantitative estimate of drug-likeness (QED) is 0.786. The number of primary amides is 1. The molecule has 0 spiro atoms. The van der Waals surface area contributed by atoms with Crippen molar-refractivity contribution in [3.8, 4) is 0 Å². The minimum atomic E-state index is -1.34. The van der Waals surface area contributed by atoms with Crippen LogP contribution in [0.4, 0.5) is 0 Å². The summed E-state index contributed by atoms with van der Waals surface area (Å²) >= 11 is 0. The molecule has 1 aromatic carbocycles. The van der Waals surface area contributed by atoms with Gasteiger partial charge in [0, 0.05) is 12.8 Å². The van der Waals surface area contributed by atoms with Crippen LogP contribution in [0, 0.1) is 5.92 Å². The summed E-state index contributed by atoms with van der Waals surface area (Å²) in [4.78, 5) is 31.0. The second-order valence-corrected chi connectivity index (χ2v) is 4.07. The zero-order valence-corrected chi connectivity index (χ0v) is 11.1. The van der Waals surface area contributed by atoms with Gasteiger partial charge in [-0.1, -0.05) is 37.3 Å². The Morgan fingerprint density at radius 2 is 1.68 bits per heavy atom. The van der Waals surface area contributed by atoms with Crippen LogP contribution < -0.4 is 5.73 Å². The van der Waals surface area contributed by atoms with Gasteiger partial charge in [0.2, 0.25) is 11.7 Å². The Morgan fingerprint density at radius 1 is 1.21 bits per heavy atom. The summed E-state index contributed by atoms with van der Waals surface area (Å²) in [7, 11) is 0. The van der Waals surface area contributed by atoms with E-state index in [1.165, 1.54) is 6.92 Å². The van der Waals surface area contributed by atoms with Gasteiger partial charge in [0.25, 0.3) is 0 Å². The number of Topliss-reactive ketones (excluding diaryl/α,β-unsaturated/α-hetero) is 1. The van der Waals surface area contributed by atoms with Gasteiger partial charge in [-0.2, -0.15) is 0 Å². The van der Waals surface area contributed by atoms with Crippen molar-refractivity contribution in [1.29, 1.82) is 0 Å². The van der Waals surface area contributed by atoms with Gasteiger partial charge in [-0.3, -0.25) is 9.59 Å². The third-order valence-electron chi connectivity index (χ3n) is 2.40. The predicted molar refractivity (Wildman–Crippen MR) is 71.4 cm³/mol. The Balaban J connectivity index is 0.000000711. The maximum atomic E-state index is 11.3. The van der Waals surface area contributed by atoms with Crippen LogP contribution in [0.25, 0.3) is 0 Å². The number of carboxylic acids is 1. The third-order valence-corrected chi connectivity index (χ3v) is 2.40. The lowest BCUT2D eigenvalue weighted by atomic mass is 9.93. The lowest BCUT2D eigenvalue weighted by Crippen LogP contribution is -2.24. The molecule has 0 saturated carbocycles. The normalized spacial score (nSPS) is 10.8. The van der Waals surface area contributed by atoms with Crippen LogP contribution in [0.1, 0.15) is 25.8 Å². The molecule has 1 atom stereocenters. The Hall–Kier alpha value is -2.17. The Bertz CT molecular complexity index is 424. The maximum absolute atomic E-state index is 11.3. The molecule has 1 aromatic rings. The minimum Gasteiger partial charge on any atom is -0.475 e. The van der Waals surface area contributed by atoms with E-state index in [9.17, 15) is 14.4 Å². The number of aliphatic carboxylic acids is 1. The zero-order valence-electron chi connectivity index (χ0n) is 11.1. The summed E-state index contributed by atoms with van der Waals surface area (Å²) in [6, 6.07) is 9.46. The molecular formula is C14H19NO4. The molecule has 1 amide bonds. The van der Waals surface area contributed by atoms with Gasteiger partial charge >= 0.3 is 5.97 Å². The standard InChI is InChI=1S/C12H14O3.C2H5NO/c1-2-10(11(13)12(14)15)8-9-6-4-3-5-7-9;1-2(3)4/h3-7,10H,2,8H2,1H3,(H,14,15);1H3,(H2,3,4). The number of carbonyl (C=O) groups excluding carboxylic acids is 2. The number of hydrogen-bond acceptors (Lipinski definition) is 3. The molecule has 0 aliphatic heterocycles. The van der Waals surface area contributed by atoms with Crippen molar-refractivity contribution in [3.63, 3.8) is 0 Å². The van der Waals surface area contributed by atoms with Crippen LogP contribution >= 0.6 is 0 Å². The van der Waals surface area contributed by atoms with Crippen LogP contribution in [0.15, 0.2) is 30.3 Å². The molecule has 104 valence electrons. The molecule has 0 aliphatic carbocycles. The first-order valence-corrected chi connectivity index (χ1v) is 5.95. The molecule has 0 bridgehead atoms. The van der Waals surface area contributed by atoms with E-state index in [0.717, 1.165) is 5.56 Å². The topological polar surface area (TPSA) is 97.5 Å². The first-order chi connectivity index (χ1) is 8.88. The summed E-state index contributed by atoms with van der Waals surface area (Å²) in [5.74, 6) is -2.77. The maximum Gasteiger partial charge on any atom is 0.372 e. The summed E-state index contributed by atoms with van der Waals surface area (Å²) in [6.07, 6.45) is 1.06. The number of rotatable bonds is 5. The van der Waals surface area contributed by atoms with E-state index in [0.29, 0.717) is 12.8 Å². The summed E-state index contributed by atoms with van der Waals surface area (Å²) < 4.78 is 0. The van der Waals surface area contributed by atoms with Crippen LogP contribution in [-0.2, 0) is 20.8 Å². The number of carbonyl (C=O) groups is 3. The highest BCUT2D eigenvalue weighted by atomic mass is 16.4. The Labute approximate surface area is 112 Å². The fraction of sp³-hybridized carbons (Fsp3) is 0.357. The van der Waals surface area contributed by atoms with Crippen molar-refractivity contribution in [2.24, 2.45) is 11.7 Å². The van der Waals surface area contributed by atoms with Crippen molar-refractivity contribution < 1.29 is 19.5 Å². The second kappa shape index (κ2) is 8.85. The van der Waals surface area contributed by atoms with E-state index in [2.05, 4.69) is 5.73 Å². The summed E-state index contributed by atoms with van der Waals surface area (Å²) in [6.45, 7) is 3.13. The van der Waals surface area contributed by atoms with Gasteiger partial charge in [0.1, 0.15) is 0 Å². The average Bonchev–Trinajstić information content (AvgIpc) is 2.35. The number of nitrogens with two attached hydrogens (primary N) is 1. The van der Waals surface area contributed by atoms with E-state index >= 15 is 0 Å². The third kappa shape index (κ3) is 7.70. The van der Waals surface area contributed by atoms with Crippen molar-refractivity contribution in [3.05, 3.63) is 35.9 Å². The number of carboxylic acid groups (broad SMARTS) is 1. The first kappa shape index (κ1) is 16.8. The lowest BCUT2D eigenvalue weighted by molar-refractivity contribution is -0.151. The van der Waals surface area contributed by atoms with Crippen LogP contribution in [0.5, 0.6) is 0 Å². The van der Waals surface area contributed by atoms with E-state index in [4.69, 9.17) is 5.11 Å². The Morgan fingerprint density at radius 3 is 2.05 bits per heavy atom. The largest absolute Gasteiger partial charge is 0.475 e. The molecule has 5 nitrogen and oxygen atoms in total. The van der Waals surface area contributed by atoms with Gasteiger partial charge in [0.15, 0.2) is 0 Å². The highest BCUT2D eigenvalue weighted by molar-refractivity contribution is 6.33. The van der Waals surface area contributed by atoms with Gasteiger partial charge in [-0.25, -0.2) is 4.79 Å². The highest BCUT2D eigenvalue weighted by Gasteiger charge is 2.22. The molecule has 1 rings (SSSR count). The number of hydrogen-bond donors (Lipinski definition) is 2. The smallest absolute Gasteiger partial charge is 0.372 e. The minimum absolute atomic E-state index is 0.333. The van der Waals surface area contributed by atoms with E-state index in [-0.39, 0.29) is 5.91 Å². The average molecular weight is 265 g/mol. The van der Waals surface area contributed by atoms with Crippen molar-refractivity contribution >= 4 is 17.7 Å². The zero-order chi connectivity index (χ0) is 14.8. The molecule has 19 heavy (non-hydrogen) atoms. The SMILES string of the molecule is CC(N)=O.CCC(Cc1ccccc1)C(=O)C(=O)O. The van der Waals surface area contributed by atoms with Gasteiger partial charge < -0.3 is 10.8 Å². The van der Waals surface area contributed by atoms with E-state index < -0.39 is 17.7 Å². The fourth-order valence-electron chi connectivity index (χ4n) is 1.50. The van der Waals surface area contributed by atoms with Crippen LogP contribution in [0.3, 0.4) is 0 Å². The Kier molecular flexibility index (Phi) is 7.84. The molecule has 1 unspecified atom stereocenters. The molecule has 3 N–H and O–H groups in total. The molecule has 0 aromatic heterocycles. The molecule has 5 heteroatoms. The molecule has 0 radical (unpaired) electrons.